The van der Waals surface area contributed by atoms with Crippen LogP contribution in [0.4, 0.5) is 0 Å². The minimum absolute atomic E-state index is 0.0408. The lowest BCUT2D eigenvalue weighted by Gasteiger charge is -2.41. The molecule has 24 heavy (non-hydrogen) atoms. The van der Waals surface area contributed by atoms with Crippen molar-refractivity contribution < 1.29 is 14.3 Å². The molecule has 1 unspecified atom stereocenters. The Kier molecular flexibility index (Phi) is 4.12. The zero-order valence-corrected chi connectivity index (χ0v) is 14.3. The van der Waals surface area contributed by atoms with Crippen LogP contribution in [0.15, 0.2) is 24.3 Å². The van der Waals surface area contributed by atoms with Crippen LogP contribution in [0.3, 0.4) is 0 Å². The Balaban J connectivity index is 1.36. The average molecular weight is 330 g/mol. The summed E-state index contributed by atoms with van der Waals surface area (Å²) < 4.78 is 11.8. The van der Waals surface area contributed by atoms with Gasteiger partial charge in [-0.1, -0.05) is 18.6 Å². The summed E-state index contributed by atoms with van der Waals surface area (Å²) in [6.45, 7) is 3.70. The summed E-state index contributed by atoms with van der Waals surface area (Å²) in [6, 6.07) is 8.80. The van der Waals surface area contributed by atoms with Gasteiger partial charge in [0.25, 0.3) is 5.91 Å². The van der Waals surface area contributed by atoms with Crippen LogP contribution in [-0.4, -0.2) is 48.2 Å². The fourth-order valence-corrected chi connectivity index (χ4v) is 3.74. The maximum Gasteiger partial charge on any atom is 0.270 e. The fourth-order valence-electron chi connectivity index (χ4n) is 3.74. The molecular formula is C19H26N2O3. The molecule has 1 aliphatic carbocycles. The lowest BCUT2D eigenvalue weighted by Crippen LogP contribution is -2.58. The second kappa shape index (κ2) is 6.28. The number of hydrogen-bond donors (Lipinski definition) is 1. The summed E-state index contributed by atoms with van der Waals surface area (Å²) >= 11 is 0. The Labute approximate surface area is 143 Å². The van der Waals surface area contributed by atoms with Crippen LogP contribution in [0.2, 0.25) is 0 Å². The Morgan fingerprint density at radius 3 is 2.46 bits per heavy atom. The number of amides is 1. The molecule has 1 amide bonds. The number of carbonyl (C=O) groups is 1. The van der Waals surface area contributed by atoms with E-state index < -0.39 is 5.60 Å². The Morgan fingerprint density at radius 1 is 1.12 bits per heavy atom. The minimum Gasteiger partial charge on any atom is -0.485 e. The molecule has 5 nitrogen and oxygen atoms in total. The first kappa shape index (κ1) is 15.8. The predicted octanol–water partition coefficient (Wildman–Crippen LogP) is 2.35. The van der Waals surface area contributed by atoms with E-state index in [-0.39, 0.29) is 12.5 Å². The highest BCUT2D eigenvalue weighted by Gasteiger charge is 2.44. The van der Waals surface area contributed by atoms with Crippen LogP contribution in [0.5, 0.6) is 11.5 Å². The maximum absolute atomic E-state index is 13.0. The number of fused-ring (bicyclic) bond motifs is 1. The molecule has 3 aliphatic rings. The summed E-state index contributed by atoms with van der Waals surface area (Å²) in [5.41, 5.74) is -0.928. The van der Waals surface area contributed by atoms with Crippen molar-refractivity contribution in [2.75, 3.05) is 19.7 Å². The summed E-state index contributed by atoms with van der Waals surface area (Å²) in [6.07, 6.45) is 6.02. The quantitative estimate of drug-likeness (QED) is 0.924. The van der Waals surface area contributed by atoms with E-state index >= 15 is 0 Å². The van der Waals surface area contributed by atoms with E-state index in [4.69, 9.17) is 9.47 Å². The topological polar surface area (TPSA) is 50.8 Å². The molecule has 1 atom stereocenters. The van der Waals surface area contributed by atoms with E-state index in [0.717, 1.165) is 25.9 Å². The maximum atomic E-state index is 13.0. The molecule has 0 bridgehead atoms. The fraction of sp³-hybridized carbons (Fsp3) is 0.632. The van der Waals surface area contributed by atoms with Gasteiger partial charge in [-0.15, -0.1) is 0 Å². The van der Waals surface area contributed by atoms with Crippen molar-refractivity contribution in [1.29, 1.82) is 0 Å². The molecular weight excluding hydrogens is 304 g/mol. The zero-order chi connectivity index (χ0) is 16.6. The molecule has 0 spiro atoms. The van der Waals surface area contributed by atoms with Crippen LogP contribution in [0.1, 0.15) is 39.0 Å². The monoisotopic (exact) mass is 330 g/mol. The van der Waals surface area contributed by atoms with Crippen molar-refractivity contribution >= 4 is 5.91 Å². The number of nitrogens with one attached hydrogen (secondary N) is 1. The number of ether oxygens (including phenoxy) is 2. The van der Waals surface area contributed by atoms with Crippen LogP contribution < -0.4 is 14.8 Å². The van der Waals surface area contributed by atoms with Crippen LogP contribution in [0, 0.1) is 0 Å². The first-order valence-electron chi connectivity index (χ1n) is 9.10. The molecule has 2 heterocycles. The lowest BCUT2D eigenvalue weighted by molar-refractivity contribution is -0.152. The zero-order valence-electron chi connectivity index (χ0n) is 14.3. The molecule has 1 saturated carbocycles. The summed E-state index contributed by atoms with van der Waals surface area (Å²) in [7, 11) is 0. The first-order chi connectivity index (χ1) is 11.6. The molecule has 1 N–H and O–H groups in total. The van der Waals surface area contributed by atoms with E-state index in [2.05, 4.69) is 5.32 Å². The highest BCUT2D eigenvalue weighted by atomic mass is 16.6. The van der Waals surface area contributed by atoms with Crippen LogP contribution in [0.25, 0.3) is 0 Å². The van der Waals surface area contributed by atoms with Crippen LogP contribution >= 0.6 is 0 Å². The van der Waals surface area contributed by atoms with E-state index in [1.54, 1.807) is 0 Å². The van der Waals surface area contributed by atoms with Gasteiger partial charge in [0.1, 0.15) is 6.61 Å². The molecule has 0 aromatic heterocycles. The first-order valence-corrected chi connectivity index (χ1v) is 9.10. The predicted molar refractivity (Wildman–Crippen MR) is 91.3 cm³/mol. The summed E-state index contributed by atoms with van der Waals surface area (Å²) in [5.74, 6) is 1.41. The standard InChI is InChI=1S/C19H26N2O3/c1-19(13-23-16-7-2-3-8-17(16)24-19)18(22)21-11-9-15(10-12-21)20-14-5-4-6-14/h2-3,7-8,14-15,20H,4-6,9-13H2,1H3. The Morgan fingerprint density at radius 2 is 1.79 bits per heavy atom. The third-order valence-electron chi connectivity index (χ3n) is 5.50. The van der Waals surface area contributed by atoms with E-state index in [1.807, 2.05) is 36.1 Å². The molecule has 1 aromatic carbocycles. The smallest absolute Gasteiger partial charge is 0.270 e. The largest absolute Gasteiger partial charge is 0.485 e. The van der Waals surface area contributed by atoms with Gasteiger partial charge in [0.2, 0.25) is 5.60 Å². The van der Waals surface area contributed by atoms with Crippen molar-refractivity contribution in [2.24, 2.45) is 0 Å². The minimum atomic E-state index is -0.928. The molecule has 2 fully saturated rings. The second-order valence-corrected chi connectivity index (χ2v) is 7.43. The molecule has 1 saturated heterocycles. The third kappa shape index (κ3) is 2.97. The van der Waals surface area contributed by atoms with Gasteiger partial charge in [-0.2, -0.15) is 0 Å². The molecule has 5 heteroatoms. The van der Waals surface area contributed by atoms with Crippen molar-refractivity contribution in [1.82, 2.24) is 10.2 Å². The van der Waals surface area contributed by atoms with Gasteiger partial charge >= 0.3 is 0 Å². The molecule has 2 aliphatic heterocycles. The lowest BCUT2D eigenvalue weighted by atomic mass is 9.91. The van der Waals surface area contributed by atoms with E-state index in [9.17, 15) is 4.79 Å². The van der Waals surface area contributed by atoms with Gasteiger partial charge in [0.05, 0.1) is 0 Å². The number of hydrogen-bond acceptors (Lipinski definition) is 4. The molecule has 130 valence electrons. The molecule has 1 aromatic rings. The molecule has 0 radical (unpaired) electrons. The summed E-state index contributed by atoms with van der Waals surface area (Å²) in [5, 5.41) is 3.72. The summed E-state index contributed by atoms with van der Waals surface area (Å²) in [4.78, 5) is 14.9. The number of rotatable bonds is 3. The molecule has 4 rings (SSSR count). The number of nitrogens with zero attached hydrogens (tertiary/aromatic N) is 1. The third-order valence-corrected chi connectivity index (χ3v) is 5.50. The second-order valence-electron chi connectivity index (χ2n) is 7.43. The highest BCUT2D eigenvalue weighted by molar-refractivity contribution is 5.86. The van der Waals surface area contributed by atoms with Gasteiger partial charge in [-0.3, -0.25) is 4.79 Å². The van der Waals surface area contributed by atoms with Crippen molar-refractivity contribution in [3.05, 3.63) is 24.3 Å². The Bertz CT molecular complexity index is 608. The number of benzene rings is 1. The average Bonchev–Trinajstić information content (AvgIpc) is 2.58. The van der Waals surface area contributed by atoms with Gasteiger partial charge in [-0.05, 0) is 44.7 Å². The van der Waals surface area contributed by atoms with Gasteiger partial charge in [0.15, 0.2) is 11.5 Å². The number of likely N-dealkylation sites (tertiary alicyclic amines) is 1. The highest BCUT2D eigenvalue weighted by Crippen LogP contribution is 2.35. The van der Waals surface area contributed by atoms with Crippen molar-refractivity contribution in [3.8, 4) is 11.5 Å². The SMILES string of the molecule is CC1(C(=O)N2CCC(NC3CCC3)CC2)COc2ccccc2O1. The van der Waals surface area contributed by atoms with Gasteiger partial charge in [-0.25, -0.2) is 0 Å². The van der Waals surface area contributed by atoms with Crippen molar-refractivity contribution in [3.63, 3.8) is 0 Å². The van der Waals surface area contributed by atoms with Gasteiger partial charge < -0.3 is 19.7 Å². The van der Waals surface area contributed by atoms with Gasteiger partial charge in [0, 0.05) is 25.2 Å². The number of piperidine rings is 1. The van der Waals surface area contributed by atoms with E-state index in [0.29, 0.717) is 23.6 Å². The Hall–Kier alpha value is -1.75. The van der Waals surface area contributed by atoms with Crippen molar-refractivity contribution in [2.45, 2.75) is 56.7 Å². The normalized spacial score (nSPS) is 27.6. The number of carbonyl (C=O) groups excluding carboxylic acids is 1. The number of para-hydroxylation sites is 2. The van der Waals surface area contributed by atoms with Crippen LogP contribution in [-0.2, 0) is 4.79 Å². The van der Waals surface area contributed by atoms with E-state index in [1.165, 1.54) is 19.3 Å².